The third-order valence-electron chi connectivity index (χ3n) is 4.41. The molecule has 0 unspecified atom stereocenters. The highest BCUT2D eigenvalue weighted by atomic mass is 16.5. The minimum atomic E-state index is -0.768. The minimum absolute atomic E-state index is 0.0127. The maximum atomic E-state index is 12.0. The number of carboxylic acid groups (broad SMARTS) is 1. The van der Waals surface area contributed by atoms with Crippen LogP contribution in [0.2, 0.25) is 0 Å². The lowest BCUT2D eigenvalue weighted by Crippen LogP contribution is -2.40. The average molecular weight is 345 g/mol. The second-order valence-corrected chi connectivity index (χ2v) is 6.20. The summed E-state index contributed by atoms with van der Waals surface area (Å²) in [5.74, 6) is -0.896. The molecule has 132 valence electrons. The third kappa shape index (κ3) is 4.37. The fraction of sp³-hybridized carbons (Fsp3) is 0.389. The summed E-state index contributed by atoms with van der Waals surface area (Å²) in [6.45, 7) is -0.151. The molecule has 1 aliphatic rings. The molecule has 1 saturated carbocycles. The van der Waals surface area contributed by atoms with Crippen LogP contribution in [0.1, 0.15) is 25.7 Å². The number of ether oxygens (including phenoxy) is 1. The molecule has 1 fully saturated rings. The van der Waals surface area contributed by atoms with Crippen LogP contribution in [-0.4, -0.2) is 29.6 Å². The first-order valence-corrected chi connectivity index (χ1v) is 8.20. The summed E-state index contributed by atoms with van der Waals surface area (Å²) in [4.78, 5) is 34.2. The van der Waals surface area contributed by atoms with E-state index in [0.717, 1.165) is 5.39 Å². The van der Waals surface area contributed by atoms with Crippen LogP contribution >= 0.6 is 0 Å². The molecule has 0 spiro atoms. The highest BCUT2D eigenvalue weighted by Crippen LogP contribution is 2.24. The number of benzene rings is 1. The summed E-state index contributed by atoms with van der Waals surface area (Å²) in [6, 6.07) is 8.01. The number of nitrogens with one attached hydrogen (secondary N) is 1. The summed E-state index contributed by atoms with van der Waals surface area (Å²) < 4.78 is 10.5. The van der Waals surface area contributed by atoms with E-state index in [1.54, 1.807) is 24.3 Å². The molecule has 1 aromatic carbocycles. The van der Waals surface area contributed by atoms with Crippen molar-refractivity contribution in [3.8, 4) is 5.75 Å². The van der Waals surface area contributed by atoms with Gasteiger partial charge in [0, 0.05) is 23.6 Å². The van der Waals surface area contributed by atoms with Crippen molar-refractivity contribution in [3.63, 3.8) is 0 Å². The number of fused-ring (bicyclic) bond motifs is 1. The van der Waals surface area contributed by atoms with Crippen molar-refractivity contribution < 1.29 is 23.8 Å². The van der Waals surface area contributed by atoms with E-state index in [4.69, 9.17) is 14.3 Å². The summed E-state index contributed by atoms with van der Waals surface area (Å²) in [6.07, 6.45) is 2.46. The number of carbonyl (C=O) groups excluding carboxylic acids is 1. The molecule has 1 aromatic heterocycles. The van der Waals surface area contributed by atoms with Gasteiger partial charge in [-0.05, 0) is 43.9 Å². The smallest absolute Gasteiger partial charge is 0.336 e. The molecule has 1 amide bonds. The Kier molecular flexibility index (Phi) is 5.02. The van der Waals surface area contributed by atoms with Crippen LogP contribution in [0.3, 0.4) is 0 Å². The third-order valence-corrected chi connectivity index (χ3v) is 4.41. The summed E-state index contributed by atoms with van der Waals surface area (Å²) in [5, 5.41) is 12.6. The average Bonchev–Trinajstić information content (AvgIpc) is 2.60. The van der Waals surface area contributed by atoms with E-state index < -0.39 is 11.6 Å². The Bertz CT molecular complexity index is 835. The van der Waals surface area contributed by atoms with E-state index in [-0.39, 0.29) is 24.5 Å². The van der Waals surface area contributed by atoms with Gasteiger partial charge in [0.1, 0.15) is 11.3 Å². The van der Waals surface area contributed by atoms with Gasteiger partial charge in [0.25, 0.3) is 5.91 Å². The molecule has 7 heteroatoms. The fourth-order valence-corrected chi connectivity index (χ4v) is 3.03. The Morgan fingerprint density at radius 2 is 1.88 bits per heavy atom. The van der Waals surface area contributed by atoms with Gasteiger partial charge in [0.15, 0.2) is 6.61 Å². The van der Waals surface area contributed by atoms with Gasteiger partial charge in [0.2, 0.25) is 0 Å². The zero-order valence-corrected chi connectivity index (χ0v) is 13.6. The van der Waals surface area contributed by atoms with Crippen LogP contribution in [0, 0.1) is 5.92 Å². The van der Waals surface area contributed by atoms with E-state index in [2.05, 4.69) is 5.32 Å². The fourth-order valence-electron chi connectivity index (χ4n) is 3.03. The van der Waals surface area contributed by atoms with Crippen LogP contribution in [0.5, 0.6) is 5.75 Å². The lowest BCUT2D eigenvalue weighted by molar-refractivity contribution is -0.142. The van der Waals surface area contributed by atoms with Crippen LogP contribution in [0.25, 0.3) is 11.0 Å². The van der Waals surface area contributed by atoms with Gasteiger partial charge in [-0.1, -0.05) is 0 Å². The number of carboxylic acids is 1. The first-order chi connectivity index (χ1) is 12.0. The molecule has 1 aliphatic carbocycles. The van der Waals surface area contributed by atoms with Crippen molar-refractivity contribution in [2.45, 2.75) is 31.7 Å². The van der Waals surface area contributed by atoms with Gasteiger partial charge in [-0.15, -0.1) is 0 Å². The van der Waals surface area contributed by atoms with Crippen LogP contribution in [0.4, 0.5) is 0 Å². The Morgan fingerprint density at radius 1 is 1.16 bits per heavy atom. The van der Waals surface area contributed by atoms with E-state index in [0.29, 0.717) is 37.0 Å². The van der Waals surface area contributed by atoms with Crippen molar-refractivity contribution >= 4 is 22.8 Å². The van der Waals surface area contributed by atoms with Crippen LogP contribution in [-0.2, 0) is 9.59 Å². The highest BCUT2D eigenvalue weighted by molar-refractivity contribution is 5.79. The van der Waals surface area contributed by atoms with E-state index in [1.807, 2.05) is 0 Å². The second kappa shape index (κ2) is 7.38. The minimum Gasteiger partial charge on any atom is -0.484 e. The van der Waals surface area contributed by atoms with Gasteiger partial charge in [-0.2, -0.15) is 0 Å². The molecule has 0 aliphatic heterocycles. The molecule has 25 heavy (non-hydrogen) atoms. The number of hydrogen-bond donors (Lipinski definition) is 2. The zero-order valence-electron chi connectivity index (χ0n) is 13.6. The van der Waals surface area contributed by atoms with E-state index in [1.165, 1.54) is 6.07 Å². The number of carbonyl (C=O) groups is 2. The number of aliphatic carboxylic acids is 1. The normalized spacial score (nSPS) is 20.2. The van der Waals surface area contributed by atoms with Gasteiger partial charge >= 0.3 is 11.6 Å². The monoisotopic (exact) mass is 345 g/mol. The molecule has 3 rings (SSSR count). The molecule has 0 radical (unpaired) electrons. The summed E-state index contributed by atoms with van der Waals surface area (Å²) in [7, 11) is 0. The number of rotatable bonds is 5. The van der Waals surface area contributed by atoms with Crippen LogP contribution in [0.15, 0.2) is 39.5 Å². The van der Waals surface area contributed by atoms with Crippen molar-refractivity contribution in [1.82, 2.24) is 5.32 Å². The van der Waals surface area contributed by atoms with Crippen molar-refractivity contribution in [1.29, 1.82) is 0 Å². The summed E-state index contributed by atoms with van der Waals surface area (Å²) >= 11 is 0. The standard InChI is InChI=1S/C18H19NO6/c20-16(19-13-5-1-12(2-6-13)18(22)23)10-24-14-7-3-11-4-8-17(21)25-15(11)9-14/h3-4,7-9,12-13H,1-2,5-6,10H2,(H,19,20)(H,22,23). The largest absolute Gasteiger partial charge is 0.484 e. The molecule has 7 nitrogen and oxygen atoms in total. The van der Waals surface area contributed by atoms with Crippen molar-refractivity contribution in [3.05, 3.63) is 40.8 Å². The molecule has 0 saturated heterocycles. The lowest BCUT2D eigenvalue weighted by Gasteiger charge is -2.26. The molecular formula is C18H19NO6. The van der Waals surface area contributed by atoms with E-state index in [9.17, 15) is 14.4 Å². The van der Waals surface area contributed by atoms with Gasteiger partial charge in [-0.3, -0.25) is 9.59 Å². The Morgan fingerprint density at radius 3 is 2.60 bits per heavy atom. The zero-order chi connectivity index (χ0) is 17.8. The van der Waals surface area contributed by atoms with Gasteiger partial charge in [-0.25, -0.2) is 4.79 Å². The molecule has 0 bridgehead atoms. The lowest BCUT2D eigenvalue weighted by atomic mass is 9.86. The maximum Gasteiger partial charge on any atom is 0.336 e. The maximum absolute atomic E-state index is 12.0. The molecule has 2 aromatic rings. The van der Waals surface area contributed by atoms with Crippen molar-refractivity contribution in [2.75, 3.05) is 6.61 Å². The Balaban J connectivity index is 1.51. The first-order valence-electron chi connectivity index (χ1n) is 8.20. The quantitative estimate of drug-likeness (QED) is 0.802. The number of amides is 1. The van der Waals surface area contributed by atoms with Crippen LogP contribution < -0.4 is 15.7 Å². The van der Waals surface area contributed by atoms with Gasteiger partial charge < -0.3 is 19.6 Å². The molecule has 0 atom stereocenters. The predicted molar refractivity (Wildman–Crippen MR) is 89.5 cm³/mol. The van der Waals surface area contributed by atoms with Crippen molar-refractivity contribution in [2.24, 2.45) is 5.92 Å². The van der Waals surface area contributed by atoms with E-state index >= 15 is 0 Å². The molecule has 2 N–H and O–H groups in total. The molecular weight excluding hydrogens is 326 g/mol. The second-order valence-electron chi connectivity index (χ2n) is 6.20. The first kappa shape index (κ1) is 17.0. The Hall–Kier alpha value is -2.83. The Labute approximate surface area is 143 Å². The summed E-state index contributed by atoms with van der Waals surface area (Å²) in [5.41, 5.74) is -0.0447. The van der Waals surface area contributed by atoms with Gasteiger partial charge in [0.05, 0.1) is 5.92 Å². The highest BCUT2D eigenvalue weighted by Gasteiger charge is 2.26. The molecule has 1 heterocycles. The number of hydrogen-bond acceptors (Lipinski definition) is 5. The topological polar surface area (TPSA) is 106 Å². The predicted octanol–water partition coefficient (Wildman–Crippen LogP) is 1.93. The SMILES string of the molecule is O=C(COc1ccc2ccc(=O)oc2c1)NC1CCC(C(=O)O)CC1.